The fourth-order valence-electron chi connectivity index (χ4n) is 0.837. The summed E-state index contributed by atoms with van der Waals surface area (Å²) in [6.45, 7) is -4.99. The molecule has 0 aromatic heterocycles. The first-order chi connectivity index (χ1) is 6.59. The average molecular weight is 136 g/mol. The first-order valence-electron chi connectivity index (χ1n) is 5.63. The Bertz CT molecular complexity index is 293. The highest BCUT2D eigenvalue weighted by Gasteiger charge is 2.40. The van der Waals surface area contributed by atoms with Crippen molar-refractivity contribution < 1.29 is 22.8 Å². The molecule has 0 spiro atoms. The van der Waals surface area contributed by atoms with E-state index in [1.807, 2.05) is 0 Å². The van der Waals surface area contributed by atoms with E-state index in [0.717, 1.165) is 0 Å². The topological polar surface area (TPSA) is 38.7 Å². The molecule has 0 radical (unpaired) electrons. The van der Waals surface area contributed by atoms with E-state index in [0.29, 0.717) is 0 Å². The van der Waals surface area contributed by atoms with Crippen LogP contribution in [0.5, 0.6) is 0 Å². The monoisotopic (exact) mass is 136 g/mol. The fourth-order valence-corrected chi connectivity index (χ4v) is 0.837. The molecule has 1 N–H and O–H groups in total. The Hall–Kier alpha value is -0.120. The van der Waals surface area contributed by atoms with Gasteiger partial charge in [0.2, 0.25) is 0 Å². The molecule has 9 heavy (non-hydrogen) atoms. The minimum absolute atomic E-state index is 1.36. The van der Waals surface area contributed by atoms with Gasteiger partial charge in [-0.3, -0.25) is 0 Å². The van der Waals surface area contributed by atoms with Gasteiger partial charge in [-0.1, -0.05) is 0 Å². The zero-order valence-corrected chi connectivity index (χ0v) is 4.50. The van der Waals surface area contributed by atoms with E-state index in [1.54, 1.807) is 0 Å². The van der Waals surface area contributed by atoms with Crippen molar-refractivity contribution >= 4 is 0 Å². The van der Waals surface area contributed by atoms with E-state index in [9.17, 15) is 5.11 Å². The minimum Gasteiger partial charge on any atom is -0.390 e. The van der Waals surface area contributed by atoms with Crippen LogP contribution in [0.1, 0.15) is 14.6 Å². The molecule has 2 heterocycles. The number of ether oxygens (including phenoxy) is 2. The lowest BCUT2D eigenvalue weighted by atomic mass is 10.0. The molecule has 3 heteroatoms. The average Bonchev–Trinajstić information content (AvgIpc) is 2.29. The standard InChI is InChI=1S/C6H10O3/c7-5-3-9-6-4(5)1-2-8-6/h4-7H,1-3H2/t4-,5+,6+/m0/s1/i1D2,2D2,3D2. The molecule has 2 fully saturated rings. The summed E-state index contributed by atoms with van der Waals surface area (Å²) in [5.41, 5.74) is 0. The van der Waals surface area contributed by atoms with E-state index >= 15 is 0 Å². The Morgan fingerprint density at radius 3 is 3.22 bits per heavy atom. The maximum absolute atomic E-state index is 9.51. The van der Waals surface area contributed by atoms with Crippen molar-refractivity contribution in [2.24, 2.45) is 5.92 Å². The second-order valence-corrected chi connectivity index (χ2v) is 1.94. The number of aliphatic hydroxyl groups excluding tert-OH is 1. The molecule has 0 saturated carbocycles. The van der Waals surface area contributed by atoms with Crippen molar-refractivity contribution in [3.63, 3.8) is 0 Å². The molecule has 0 amide bonds. The van der Waals surface area contributed by atoms with Crippen LogP contribution in [0.3, 0.4) is 0 Å². The van der Waals surface area contributed by atoms with Crippen LogP contribution >= 0.6 is 0 Å². The van der Waals surface area contributed by atoms with Gasteiger partial charge < -0.3 is 14.6 Å². The fraction of sp³-hybridized carbons (Fsp3) is 1.00. The van der Waals surface area contributed by atoms with Crippen molar-refractivity contribution in [3.8, 4) is 0 Å². The molecular formula is C6H10O3. The zero-order chi connectivity index (χ0) is 11.6. The van der Waals surface area contributed by atoms with Crippen LogP contribution in [0, 0.1) is 5.92 Å². The van der Waals surface area contributed by atoms with Crippen LogP contribution in [0.15, 0.2) is 0 Å². The van der Waals surface area contributed by atoms with E-state index in [1.165, 1.54) is 0 Å². The lowest BCUT2D eigenvalue weighted by Crippen LogP contribution is -2.18. The third-order valence-corrected chi connectivity index (χ3v) is 1.34. The largest absolute Gasteiger partial charge is 0.390 e. The second kappa shape index (κ2) is 1.94. The molecule has 0 aromatic rings. The highest BCUT2D eigenvalue weighted by atomic mass is 16.7. The van der Waals surface area contributed by atoms with Gasteiger partial charge in [-0.25, -0.2) is 0 Å². The Kier molecular flexibility index (Phi) is 0.470. The number of aliphatic hydroxyl groups is 1. The maximum Gasteiger partial charge on any atom is 0.163 e. The van der Waals surface area contributed by atoms with Crippen LogP contribution in [-0.4, -0.2) is 30.6 Å². The smallest absolute Gasteiger partial charge is 0.163 e. The van der Waals surface area contributed by atoms with Gasteiger partial charge in [-0.05, 0) is 6.37 Å². The first kappa shape index (κ1) is 2.19. The molecule has 52 valence electrons. The highest BCUT2D eigenvalue weighted by Crippen LogP contribution is 2.30. The van der Waals surface area contributed by atoms with E-state index < -0.39 is 37.8 Å². The van der Waals surface area contributed by atoms with E-state index in [4.69, 9.17) is 8.22 Å². The molecule has 3 nitrogen and oxygen atoms in total. The summed E-state index contributed by atoms with van der Waals surface area (Å²) in [5.74, 6) is -1.36. The Morgan fingerprint density at radius 2 is 2.44 bits per heavy atom. The molecule has 2 aliphatic heterocycles. The second-order valence-electron chi connectivity index (χ2n) is 1.94. The lowest BCUT2D eigenvalue weighted by Gasteiger charge is -2.06. The van der Waals surface area contributed by atoms with Crippen LogP contribution < -0.4 is 0 Å². The van der Waals surface area contributed by atoms with Gasteiger partial charge in [-0.15, -0.1) is 0 Å². The lowest BCUT2D eigenvalue weighted by molar-refractivity contribution is -0.0907. The number of fused-ring (bicyclic) bond motifs is 1. The van der Waals surface area contributed by atoms with Crippen molar-refractivity contribution in [1.29, 1.82) is 0 Å². The van der Waals surface area contributed by atoms with Crippen LogP contribution in [0.25, 0.3) is 0 Å². The third kappa shape index (κ3) is 0.764. The van der Waals surface area contributed by atoms with Crippen molar-refractivity contribution in [2.45, 2.75) is 18.8 Å². The van der Waals surface area contributed by atoms with E-state index in [-0.39, 0.29) is 0 Å². The molecular weight excluding hydrogens is 120 g/mol. The Balaban J connectivity index is 2.36. The zero-order valence-electron chi connectivity index (χ0n) is 10.5. The molecule has 0 bridgehead atoms. The quantitative estimate of drug-likeness (QED) is 0.498. The molecule has 2 rings (SSSR count). The molecule has 2 saturated heterocycles. The Morgan fingerprint density at radius 1 is 1.56 bits per heavy atom. The summed E-state index contributed by atoms with van der Waals surface area (Å²) in [5, 5.41) is 9.51. The summed E-state index contributed by atoms with van der Waals surface area (Å²) < 4.78 is 53.2. The van der Waals surface area contributed by atoms with Gasteiger partial charge in [0.1, 0.15) is 0 Å². The summed E-state index contributed by atoms with van der Waals surface area (Å²) in [6, 6.07) is 0. The van der Waals surface area contributed by atoms with Crippen molar-refractivity contribution in [2.75, 3.05) is 13.1 Å². The minimum atomic E-state index is -2.58. The summed E-state index contributed by atoms with van der Waals surface area (Å²) in [7, 11) is 0. The van der Waals surface area contributed by atoms with Gasteiger partial charge in [-0.2, -0.15) is 0 Å². The summed E-state index contributed by atoms with van der Waals surface area (Å²) >= 11 is 0. The van der Waals surface area contributed by atoms with Crippen LogP contribution in [0.2, 0.25) is 0 Å². The van der Waals surface area contributed by atoms with E-state index in [2.05, 4.69) is 9.47 Å². The predicted octanol–water partition coefficient (Wildman–Crippen LogP) is -0.260. The van der Waals surface area contributed by atoms with Gasteiger partial charge in [0.05, 0.1) is 24.7 Å². The van der Waals surface area contributed by atoms with Gasteiger partial charge in [0, 0.05) is 8.66 Å². The maximum atomic E-state index is 9.51. The number of rotatable bonds is 0. The third-order valence-electron chi connectivity index (χ3n) is 1.34. The first-order valence-corrected chi connectivity index (χ1v) is 2.63. The van der Waals surface area contributed by atoms with Gasteiger partial charge in [0.15, 0.2) is 6.29 Å². The van der Waals surface area contributed by atoms with Gasteiger partial charge >= 0.3 is 0 Å². The molecule has 0 aromatic carbocycles. The summed E-state index contributed by atoms with van der Waals surface area (Å²) in [6.07, 6.45) is -5.61. The van der Waals surface area contributed by atoms with Crippen molar-refractivity contribution in [1.82, 2.24) is 0 Å². The number of hydrogen-bond acceptors (Lipinski definition) is 3. The molecule has 3 atom stereocenters. The molecule has 2 aliphatic rings. The Labute approximate surface area is 62.0 Å². The highest BCUT2D eigenvalue weighted by molar-refractivity contribution is 4.81. The van der Waals surface area contributed by atoms with Crippen LogP contribution in [0.4, 0.5) is 0 Å². The molecule has 0 unspecified atom stereocenters. The summed E-state index contributed by atoms with van der Waals surface area (Å²) in [4.78, 5) is 0. The van der Waals surface area contributed by atoms with Gasteiger partial charge in [0.25, 0.3) is 0 Å². The molecule has 0 aliphatic carbocycles. The predicted molar refractivity (Wildman–Crippen MR) is 29.8 cm³/mol. The van der Waals surface area contributed by atoms with Crippen LogP contribution in [-0.2, 0) is 9.47 Å². The normalized spacial score (nSPS) is 76.3. The SMILES string of the molecule is [2H]C1([2H])O[C@H]2OC([2H])([2H])C([2H])([2H])[C@H]2[C@@H]1O. The van der Waals surface area contributed by atoms with Crippen molar-refractivity contribution in [3.05, 3.63) is 0 Å². The number of hydrogen-bond donors (Lipinski definition) is 1.